The molecular weight excluding hydrogens is 508 g/mol. The Hall–Kier alpha value is -4.56. The van der Waals surface area contributed by atoms with Crippen molar-refractivity contribution in [3.8, 4) is 0 Å². The summed E-state index contributed by atoms with van der Waals surface area (Å²) < 4.78 is 0. The SMILES string of the molecule is CCc1cc2c(s1)N(CC(=O)c1ccccc1)C(=O)C(NC(=O)Nc1cccc(C)c1)N=C2c1ccccc1. The molecule has 0 fully saturated rings. The molecule has 196 valence electrons. The lowest BCUT2D eigenvalue weighted by Gasteiger charge is -2.23. The van der Waals surface area contributed by atoms with Crippen LogP contribution in [-0.2, 0) is 11.2 Å². The lowest BCUT2D eigenvalue weighted by atomic mass is 10.0. The van der Waals surface area contributed by atoms with Crippen LogP contribution in [-0.4, -0.2) is 36.1 Å². The van der Waals surface area contributed by atoms with E-state index in [0.29, 0.717) is 22.0 Å². The normalized spacial score (nSPS) is 14.7. The van der Waals surface area contributed by atoms with E-state index in [1.54, 1.807) is 30.3 Å². The molecule has 1 aromatic heterocycles. The van der Waals surface area contributed by atoms with Crippen molar-refractivity contribution in [2.45, 2.75) is 26.4 Å². The van der Waals surface area contributed by atoms with Gasteiger partial charge in [-0.2, -0.15) is 0 Å². The third-order valence-corrected chi connectivity index (χ3v) is 7.66. The van der Waals surface area contributed by atoms with Crippen LogP contribution in [0, 0.1) is 6.92 Å². The predicted molar refractivity (Wildman–Crippen MR) is 156 cm³/mol. The molecule has 3 aromatic carbocycles. The molecular formula is C31H28N4O3S. The molecule has 0 radical (unpaired) electrons. The number of benzene rings is 3. The van der Waals surface area contributed by atoms with Gasteiger partial charge in [0.25, 0.3) is 5.91 Å². The summed E-state index contributed by atoms with van der Waals surface area (Å²) in [6.07, 6.45) is -0.465. The van der Waals surface area contributed by atoms with Gasteiger partial charge < -0.3 is 10.6 Å². The van der Waals surface area contributed by atoms with E-state index in [1.807, 2.05) is 74.5 Å². The summed E-state index contributed by atoms with van der Waals surface area (Å²) >= 11 is 1.46. The van der Waals surface area contributed by atoms with Crippen molar-refractivity contribution in [3.63, 3.8) is 0 Å². The number of anilines is 2. The summed E-state index contributed by atoms with van der Waals surface area (Å²) in [6.45, 7) is 3.81. The Morgan fingerprint density at radius 2 is 1.67 bits per heavy atom. The number of Topliss-reactive ketones (excluding diaryl/α,β-unsaturated/α-hetero) is 1. The van der Waals surface area contributed by atoms with Crippen molar-refractivity contribution in [2.75, 3.05) is 16.8 Å². The lowest BCUT2D eigenvalue weighted by Crippen LogP contribution is -2.49. The first-order valence-electron chi connectivity index (χ1n) is 12.7. The van der Waals surface area contributed by atoms with Crippen LogP contribution in [0.15, 0.2) is 96.0 Å². The monoisotopic (exact) mass is 536 g/mol. The van der Waals surface area contributed by atoms with Crippen molar-refractivity contribution < 1.29 is 14.4 Å². The van der Waals surface area contributed by atoms with E-state index < -0.39 is 18.1 Å². The molecule has 7 nitrogen and oxygen atoms in total. The van der Waals surface area contributed by atoms with E-state index in [2.05, 4.69) is 10.6 Å². The zero-order valence-corrected chi connectivity index (χ0v) is 22.5. The number of hydrogen-bond donors (Lipinski definition) is 2. The molecule has 8 heteroatoms. The van der Waals surface area contributed by atoms with Gasteiger partial charge >= 0.3 is 6.03 Å². The average molecular weight is 537 g/mol. The zero-order chi connectivity index (χ0) is 27.4. The number of nitrogens with zero attached hydrogens (tertiary/aromatic N) is 2. The quantitative estimate of drug-likeness (QED) is 0.291. The molecule has 1 unspecified atom stereocenters. The van der Waals surface area contributed by atoms with Crippen LogP contribution in [0.3, 0.4) is 0 Å². The summed E-state index contributed by atoms with van der Waals surface area (Å²) in [6, 6.07) is 27.3. The molecule has 0 spiro atoms. The van der Waals surface area contributed by atoms with E-state index in [1.165, 1.54) is 16.2 Å². The number of nitrogens with one attached hydrogen (secondary N) is 2. The number of ketones is 1. The Morgan fingerprint density at radius 1 is 0.949 bits per heavy atom. The topological polar surface area (TPSA) is 90.9 Å². The number of urea groups is 1. The summed E-state index contributed by atoms with van der Waals surface area (Å²) in [7, 11) is 0. The summed E-state index contributed by atoms with van der Waals surface area (Å²) in [5, 5.41) is 6.17. The summed E-state index contributed by atoms with van der Waals surface area (Å²) in [4.78, 5) is 47.7. The van der Waals surface area contributed by atoms with Crippen LogP contribution in [0.4, 0.5) is 15.5 Å². The van der Waals surface area contributed by atoms with Crippen molar-refractivity contribution in [3.05, 3.63) is 118 Å². The summed E-state index contributed by atoms with van der Waals surface area (Å²) in [5.74, 6) is -0.678. The molecule has 2 heterocycles. The number of hydrogen-bond acceptors (Lipinski definition) is 5. The molecule has 1 atom stereocenters. The number of carbonyl (C=O) groups excluding carboxylic acids is 3. The van der Waals surface area contributed by atoms with Crippen LogP contribution < -0.4 is 15.5 Å². The van der Waals surface area contributed by atoms with Crippen molar-refractivity contribution in [2.24, 2.45) is 4.99 Å². The first-order chi connectivity index (χ1) is 18.9. The number of thiophene rings is 1. The zero-order valence-electron chi connectivity index (χ0n) is 21.7. The average Bonchev–Trinajstić information content (AvgIpc) is 3.34. The molecule has 1 aliphatic rings. The first kappa shape index (κ1) is 26.1. The van der Waals surface area contributed by atoms with Crippen LogP contribution in [0.25, 0.3) is 0 Å². The third-order valence-electron chi connectivity index (χ3n) is 6.36. The fourth-order valence-corrected chi connectivity index (χ4v) is 5.52. The van der Waals surface area contributed by atoms with Crippen LogP contribution in [0.5, 0.6) is 0 Å². The van der Waals surface area contributed by atoms with E-state index in [-0.39, 0.29) is 12.3 Å². The lowest BCUT2D eigenvalue weighted by molar-refractivity contribution is -0.120. The van der Waals surface area contributed by atoms with E-state index in [9.17, 15) is 14.4 Å². The molecule has 1 aliphatic heterocycles. The van der Waals surface area contributed by atoms with Gasteiger partial charge in [-0.25, -0.2) is 9.79 Å². The molecule has 2 N–H and O–H groups in total. The van der Waals surface area contributed by atoms with Gasteiger partial charge in [0.1, 0.15) is 5.00 Å². The molecule has 0 saturated heterocycles. The van der Waals surface area contributed by atoms with Gasteiger partial charge in [-0.15, -0.1) is 11.3 Å². The second-order valence-electron chi connectivity index (χ2n) is 9.21. The minimum atomic E-state index is -1.24. The van der Waals surface area contributed by atoms with Gasteiger partial charge in [-0.05, 0) is 37.1 Å². The molecule has 0 saturated carbocycles. The highest BCUT2D eigenvalue weighted by molar-refractivity contribution is 7.16. The number of aliphatic imine (C=N–C) groups is 1. The molecule has 0 aliphatic carbocycles. The van der Waals surface area contributed by atoms with E-state index >= 15 is 0 Å². The largest absolute Gasteiger partial charge is 0.321 e. The molecule has 0 bridgehead atoms. The number of aryl methyl sites for hydroxylation is 2. The van der Waals surface area contributed by atoms with Gasteiger partial charge in [0.2, 0.25) is 6.17 Å². The second-order valence-corrected chi connectivity index (χ2v) is 10.3. The molecule has 5 rings (SSSR count). The van der Waals surface area contributed by atoms with Crippen molar-refractivity contribution in [1.82, 2.24) is 5.32 Å². The highest BCUT2D eigenvalue weighted by atomic mass is 32.1. The Morgan fingerprint density at radius 3 is 2.36 bits per heavy atom. The van der Waals surface area contributed by atoms with Crippen LogP contribution in [0.1, 0.15) is 38.8 Å². The Labute approximate surface area is 231 Å². The Kier molecular flexibility index (Phi) is 7.65. The molecule has 3 amide bonds. The first-order valence-corrected chi connectivity index (χ1v) is 13.5. The molecule has 4 aromatic rings. The Balaban J connectivity index is 1.55. The fraction of sp³-hybridized carbons (Fsp3) is 0.161. The highest BCUT2D eigenvalue weighted by Crippen LogP contribution is 2.36. The van der Waals surface area contributed by atoms with E-state index in [4.69, 9.17) is 4.99 Å². The highest BCUT2D eigenvalue weighted by Gasteiger charge is 2.36. The standard InChI is InChI=1S/C31H28N4O3S/c1-3-24-18-25-27(22-14-8-5-9-15-22)33-28(34-31(38)32-23-16-10-11-20(2)17-23)29(37)35(30(25)39-24)19-26(36)21-12-6-4-7-13-21/h4-18,28H,3,19H2,1-2H3,(H2,32,34,38). The minimum absolute atomic E-state index is 0.172. The van der Waals surface area contributed by atoms with Crippen molar-refractivity contribution >= 4 is 45.5 Å². The number of carbonyl (C=O) groups is 3. The second kappa shape index (κ2) is 11.4. The number of rotatable bonds is 7. The smallest absolute Gasteiger partial charge is 0.308 e. The maximum Gasteiger partial charge on any atom is 0.321 e. The van der Waals surface area contributed by atoms with Crippen LogP contribution in [0.2, 0.25) is 0 Å². The number of fused-ring (bicyclic) bond motifs is 1. The maximum absolute atomic E-state index is 14.0. The van der Waals surface area contributed by atoms with Gasteiger partial charge in [-0.1, -0.05) is 79.7 Å². The third kappa shape index (κ3) is 5.81. The molecule has 39 heavy (non-hydrogen) atoms. The van der Waals surface area contributed by atoms with E-state index in [0.717, 1.165) is 28.0 Å². The Bertz CT molecular complexity index is 1550. The van der Waals surface area contributed by atoms with Gasteiger partial charge in [0.05, 0.1) is 12.3 Å². The van der Waals surface area contributed by atoms with Crippen LogP contribution >= 0.6 is 11.3 Å². The maximum atomic E-state index is 14.0. The van der Waals surface area contributed by atoms with Gasteiger partial charge in [-0.3, -0.25) is 14.5 Å². The predicted octanol–water partition coefficient (Wildman–Crippen LogP) is 5.83. The summed E-state index contributed by atoms with van der Waals surface area (Å²) in [5.41, 5.74) is 4.27. The minimum Gasteiger partial charge on any atom is -0.308 e. The number of amides is 3. The van der Waals surface area contributed by atoms with Gasteiger partial charge in [0.15, 0.2) is 5.78 Å². The van der Waals surface area contributed by atoms with Gasteiger partial charge in [0, 0.05) is 27.3 Å². The fourth-order valence-electron chi connectivity index (χ4n) is 4.42. The van der Waals surface area contributed by atoms with Crippen molar-refractivity contribution in [1.29, 1.82) is 0 Å².